The third kappa shape index (κ3) is 2.69. The van der Waals surface area contributed by atoms with E-state index in [1.54, 1.807) is 12.4 Å². The molecule has 0 amide bonds. The van der Waals surface area contributed by atoms with Crippen LogP contribution in [0.4, 0.5) is 0 Å². The van der Waals surface area contributed by atoms with Crippen molar-refractivity contribution in [2.45, 2.75) is 13.8 Å². The molecule has 3 nitrogen and oxygen atoms in total. The lowest BCUT2D eigenvalue weighted by Crippen LogP contribution is -1.93. The lowest BCUT2D eigenvalue weighted by Gasteiger charge is -2.07. The molecule has 0 N–H and O–H groups in total. The molecule has 0 aliphatic heterocycles. The van der Waals surface area contributed by atoms with Crippen molar-refractivity contribution >= 4 is 22.6 Å². The Balaban J connectivity index is 2.26. The molecule has 0 atom stereocenters. The van der Waals surface area contributed by atoms with Gasteiger partial charge >= 0.3 is 6.01 Å². The molecule has 4 heteroatoms. The van der Waals surface area contributed by atoms with E-state index in [-0.39, 0.29) is 0 Å². The van der Waals surface area contributed by atoms with E-state index < -0.39 is 0 Å². The van der Waals surface area contributed by atoms with Gasteiger partial charge in [0, 0.05) is 16.0 Å². The summed E-state index contributed by atoms with van der Waals surface area (Å²) in [6.07, 6.45) is 3.46. The molecule has 82 valence electrons. The van der Waals surface area contributed by atoms with Crippen molar-refractivity contribution in [1.29, 1.82) is 0 Å². The Labute approximate surface area is 108 Å². The molecular formula is C12H11IN2O. The summed E-state index contributed by atoms with van der Waals surface area (Å²) in [4.78, 5) is 8.21. The molecule has 0 saturated carbocycles. The summed E-state index contributed by atoms with van der Waals surface area (Å²) in [5.74, 6) is 0.807. The minimum atomic E-state index is 0.383. The largest absolute Gasteiger partial charge is 0.424 e. The predicted octanol–water partition coefficient (Wildman–Crippen LogP) is 3.49. The van der Waals surface area contributed by atoms with Crippen LogP contribution in [0.3, 0.4) is 0 Å². The summed E-state index contributed by atoms with van der Waals surface area (Å²) in [5.41, 5.74) is 2.24. The molecule has 0 fully saturated rings. The van der Waals surface area contributed by atoms with Gasteiger partial charge in [0.05, 0.1) is 0 Å². The number of aromatic nitrogens is 2. The van der Waals surface area contributed by atoms with Gasteiger partial charge in [0.2, 0.25) is 0 Å². The van der Waals surface area contributed by atoms with Gasteiger partial charge in [0.25, 0.3) is 0 Å². The minimum Gasteiger partial charge on any atom is -0.424 e. The van der Waals surface area contributed by atoms with Crippen LogP contribution in [0.1, 0.15) is 11.1 Å². The Morgan fingerprint density at radius 2 is 1.81 bits per heavy atom. The van der Waals surface area contributed by atoms with Crippen LogP contribution in [0, 0.1) is 17.4 Å². The van der Waals surface area contributed by atoms with Crippen molar-refractivity contribution in [1.82, 2.24) is 9.97 Å². The summed E-state index contributed by atoms with van der Waals surface area (Å²) in [6, 6.07) is 6.44. The molecule has 0 saturated heterocycles. The minimum absolute atomic E-state index is 0.383. The summed E-state index contributed by atoms with van der Waals surface area (Å²) in [6.45, 7) is 4.03. The maximum absolute atomic E-state index is 5.62. The fourth-order valence-corrected chi connectivity index (χ4v) is 1.55. The highest BCUT2D eigenvalue weighted by Crippen LogP contribution is 2.23. The first kappa shape index (κ1) is 11.3. The zero-order chi connectivity index (χ0) is 11.5. The molecule has 2 rings (SSSR count). The van der Waals surface area contributed by atoms with Crippen LogP contribution in [0.25, 0.3) is 0 Å². The van der Waals surface area contributed by atoms with Gasteiger partial charge in [-0.2, -0.15) is 0 Å². The van der Waals surface area contributed by atoms with Gasteiger partial charge in [-0.1, -0.05) is 12.1 Å². The molecule has 0 spiro atoms. The van der Waals surface area contributed by atoms with Crippen LogP contribution in [0.5, 0.6) is 11.8 Å². The van der Waals surface area contributed by atoms with Gasteiger partial charge in [-0.25, -0.2) is 9.97 Å². The highest BCUT2D eigenvalue weighted by atomic mass is 127. The first-order valence-electron chi connectivity index (χ1n) is 4.88. The third-order valence-electron chi connectivity index (χ3n) is 2.14. The second-order valence-corrected chi connectivity index (χ2v) is 4.80. The first-order valence-corrected chi connectivity index (χ1v) is 5.95. The second kappa shape index (κ2) is 4.78. The zero-order valence-electron chi connectivity index (χ0n) is 9.07. The Bertz CT molecular complexity index is 497. The fourth-order valence-electron chi connectivity index (χ4n) is 1.27. The second-order valence-electron chi connectivity index (χ2n) is 3.55. The molecule has 2 aromatic rings. The monoisotopic (exact) mass is 326 g/mol. The molecule has 16 heavy (non-hydrogen) atoms. The molecule has 0 bridgehead atoms. The van der Waals surface area contributed by atoms with Crippen LogP contribution in [0.2, 0.25) is 0 Å². The third-order valence-corrected chi connectivity index (χ3v) is 2.70. The van der Waals surface area contributed by atoms with Crippen LogP contribution in [-0.2, 0) is 0 Å². The summed E-state index contributed by atoms with van der Waals surface area (Å²) < 4.78 is 6.61. The number of rotatable bonds is 2. The van der Waals surface area contributed by atoms with E-state index >= 15 is 0 Å². The van der Waals surface area contributed by atoms with Crippen molar-refractivity contribution in [3.63, 3.8) is 0 Å². The molecule has 0 aliphatic carbocycles. The van der Waals surface area contributed by atoms with E-state index in [4.69, 9.17) is 4.74 Å². The summed E-state index contributed by atoms with van der Waals surface area (Å²) >= 11 is 2.16. The number of halogens is 1. The van der Waals surface area contributed by atoms with Crippen LogP contribution in [0.15, 0.2) is 30.6 Å². The number of aryl methyl sites for hydroxylation is 2. The van der Waals surface area contributed by atoms with E-state index in [0.717, 1.165) is 20.4 Å². The maximum atomic E-state index is 5.62. The molecular weight excluding hydrogens is 315 g/mol. The first-order chi connectivity index (χ1) is 7.65. The highest BCUT2D eigenvalue weighted by molar-refractivity contribution is 14.1. The lowest BCUT2D eigenvalue weighted by atomic mass is 10.1. The SMILES string of the molecule is Cc1ccc(C)c(Oc2ncc(I)cn2)c1. The summed E-state index contributed by atoms with van der Waals surface area (Å²) in [7, 11) is 0. The van der Waals surface area contributed by atoms with E-state index in [0.29, 0.717) is 6.01 Å². The standard InChI is InChI=1S/C12H11IN2O/c1-8-3-4-9(2)11(5-8)16-12-14-6-10(13)7-15-12/h3-7H,1-2H3. The molecule has 1 aromatic heterocycles. The highest BCUT2D eigenvalue weighted by Gasteiger charge is 2.03. The predicted molar refractivity (Wildman–Crippen MR) is 70.7 cm³/mol. The van der Waals surface area contributed by atoms with Crippen molar-refractivity contribution in [3.05, 3.63) is 45.3 Å². The van der Waals surface area contributed by atoms with Gasteiger partial charge in [0.15, 0.2) is 0 Å². The molecule has 0 aliphatic rings. The van der Waals surface area contributed by atoms with Crippen molar-refractivity contribution in [2.75, 3.05) is 0 Å². The van der Waals surface area contributed by atoms with Crippen LogP contribution >= 0.6 is 22.6 Å². The average Bonchev–Trinajstić information content (AvgIpc) is 2.27. The van der Waals surface area contributed by atoms with Gasteiger partial charge in [-0.15, -0.1) is 0 Å². The Kier molecular flexibility index (Phi) is 3.38. The Morgan fingerprint density at radius 3 is 2.50 bits per heavy atom. The van der Waals surface area contributed by atoms with Crippen molar-refractivity contribution < 1.29 is 4.74 Å². The van der Waals surface area contributed by atoms with Gasteiger partial charge in [0.1, 0.15) is 5.75 Å². The van der Waals surface area contributed by atoms with E-state index in [1.807, 2.05) is 26.0 Å². The van der Waals surface area contributed by atoms with Gasteiger partial charge in [-0.3, -0.25) is 0 Å². The molecule has 0 radical (unpaired) electrons. The van der Waals surface area contributed by atoms with Crippen molar-refractivity contribution in [3.8, 4) is 11.8 Å². The van der Waals surface area contributed by atoms with Crippen LogP contribution in [-0.4, -0.2) is 9.97 Å². The normalized spacial score (nSPS) is 10.2. The summed E-state index contributed by atoms with van der Waals surface area (Å²) in [5, 5.41) is 0. The van der Waals surface area contributed by atoms with Gasteiger partial charge < -0.3 is 4.74 Å². The van der Waals surface area contributed by atoms with E-state index in [1.165, 1.54) is 0 Å². The average molecular weight is 326 g/mol. The molecule has 0 unspecified atom stereocenters. The molecule has 1 heterocycles. The van der Waals surface area contributed by atoms with E-state index in [9.17, 15) is 0 Å². The zero-order valence-corrected chi connectivity index (χ0v) is 11.2. The van der Waals surface area contributed by atoms with Crippen LogP contribution < -0.4 is 4.74 Å². The number of ether oxygens (including phenoxy) is 1. The van der Waals surface area contributed by atoms with E-state index in [2.05, 4.69) is 38.6 Å². The number of benzene rings is 1. The Morgan fingerprint density at radius 1 is 1.12 bits per heavy atom. The lowest BCUT2D eigenvalue weighted by molar-refractivity contribution is 0.438. The fraction of sp³-hybridized carbons (Fsp3) is 0.167. The maximum Gasteiger partial charge on any atom is 0.321 e. The van der Waals surface area contributed by atoms with Crippen molar-refractivity contribution in [2.24, 2.45) is 0 Å². The number of hydrogen-bond donors (Lipinski definition) is 0. The topological polar surface area (TPSA) is 35.0 Å². The quantitative estimate of drug-likeness (QED) is 0.793. The smallest absolute Gasteiger partial charge is 0.321 e. The Hall–Kier alpha value is -1.17. The number of hydrogen-bond acceptors (Lipinski definition) is 3. The van der Waals surface area contributed by atoms with Gasteiger partial charge in [-0.05, 0) is 53.6 Å². The molecule has 1 aromatic carbocycles. The number of nitrogens with zero attached hydrogens (tertiary/aromatic N) is 2.